The lowest BCUT2D eigenvalue weighted by Crippen LogP contribution is -2.51. The first-order chi connectivity index (χ1) is 13.8. The Morgan fingerprint density at radius 3 is 2.64 bits per heavy atom. The van der Waals surface area contributed by atoms with Crippen molar-refractivity contribution in [3.8, 4) is 0 Å². The molecule has 3 heterocycles. The van der Waals surface area contributed by atoms with Gasteiger partial charge in [-0.05, 0) is 62.1 Å². The Bertz CT molecular complexity index is 757. The fourth-order valence-electron chi connectivity index (χ4n) is 4.78. The molecule has 4 heteroatoms. The molecule has 0 N–H and O–H groups in total. The zero-order valence-corrected chi connectivity index (χ0v) is 16.6. The monoisotopic (exact) mass is 378 g/mol. The van der Waals surface area contributed by atoms with Gasteiger partial charge in [0.2, 0.25) is 5.91 Å². The first-order valence-corrected chi connectivity index (χ1v) is 10.6. The van der Waals surface area contributed by atoms with Crippen LogP contribution in [0.2, 0.25) is 0 Å². The number of carbonyl (C=O) groups excluding carboxylic acids is 1. The lowest BCUT2D eigenvalue weighted by molar-refractivity contribution is -0.150. The van der Waals surface area contributed by atoms with Gasteiger partial charge in [-0.2, -0.15) is 0 Å². The zero-order valence-electron chi connectivity index (χ0n) is 16.6. The average Bonchev–Trinajstić information content (AvgIpc) is 2.75. The first-order valence-electron chi connectivity index (χ1n) is 10.6. The number of hydrogen-bond donors (Lipinski definition) is 0. The minimum atomic E-state index is -0.313. The molecule has 2 aliphatic rings. The van der Waals surface area contributed by atoms with Gasteiger partial charge < -0.3 is 9.64 Å². The number of piperidine rings is 1. The van der Waals surface area contributed by atoms with Crippen molar-refractivity contribution in [1.82, 2.24) is 9.88 Å². The second-order valence-electron chi connectivity index (χ2n) is 8.34. The highest BCUT2D eigenvalue weighted by molar-refractivity contribution is 5.83. The van der Waals surface area contributed by atoms with Gasteiger partial charge in [0.05, 0.1) is 5.41 Å². The van der Waals surface area contributed by atoms with Crippen LogP contribution in [0.1, 0.15) is 36.9 Å². The lowest BCUT2D eigenvalue weighted by atomic mass is 9.73. The third-order valence-corrected chi connectivity index (χ3v) is 6.32. The largest absolute Gasteiger partial charge is 0.381 e. The molecule has 2 saturated heterocycles. The van der Waals surface area contributed by atoms with Crippen LogP contribution in [0.3, 0.4) is 0 Å². The summed E-state index contributed by atoms with van der Waals surface area (Å²) in [6.45, 7) is 3.11. The Hall–Kier alpha value is -2.20. The molecule has 0 aliphatic carbocycles. The number of nitrogens with zero attached hydrogens (tertiary/aromatic N) is 2. The van der Waals surface area contributed by atoms with Crippen molar-refractivity contribution >= 4 is 5.91 Å². The van der Waals surface area contributed by atoms with Gasteiger partial charge in [-0.1, -0.05) is 36.4 Å². The molecular formula is C24H30N2O2. The molecule has 4 nitrogen and oxygen atoms in total. The van der Waals surface area contributed by atoms with E-state index in [4.69, 9.17) is 4.74 Å². The van der Waals surface area contributed by atoms with Crippen LogP contribution in [0.15, 0.2) is 54.7 Å². The Morgan fingerprint density at radius 1 is 1.11 bits per heavy atom. The molecule has 2 aromatic rings. The summed E-state index contributed by atoms with van der Waals surface area (Å²) < 4.78 is 5.62. The third kappa shape index (κ3) is 4.44. The fraction of sp³-hybridized carbons (Fsp3) is 0.500. The van der Waals surface area contributed by atoms with Crippen molar-refractivity contribution in [3.63, 3.8) is 0 Å². The van der Waals surface area contributed by atoms with E-state index in [1.807, 2.05) is 24.4 Å². The lowest BCUT2D eigenvalue weighted by Gasteiger charge is -2.42. The smallest absolute Gasteiger partial charge is 0.229 e. The highest BCUT2D eigenvalue weighted by atomic mass is 16.5. The van der Waals surface area contributed by atoms with Crippen LogP contribution < -0.4 is 0 Å². The van der Waals surface area contributed by atoms with Crippen LogP contribution >= 0.6 is 0 Å². The highest BCUT2D eigenvalue weighted by Gasteiger charge is 2.43. The summed E-state index contributed by atoms with van der Waals surface area (Å²) in [7, 11) is 0. The van der Waals surface area contributed by atoms with Crippen molar-refractivity contribution < 1.29 is 9.53 Å². The number of benzene rings is 1. The Balaban J connectivity index is 1.48. The van der Waals surface area contributed by atoms with Crippen molar-refractivity contribution in [2.24, 2.45) is 11.3 Å². The molecule has 0 saturated carbocycles. The number of hydrogen-bond acceptors (Lipinski definition) is 3. The molecule has 0 radical (unpaired) electrons. The number of likely N-dealkylation sites (tertiary alicyclic amines) is 1. The summed E-state index contributed by atoms with van der Waals surface area (Å²) in [6.07, 6.45) is 7.54. The van der Waals surface area contributed by atoms with Crippen molar-refractivity contribution in [3.05, 3.63) is 66.0 Å². The second-order valence-corrected chi connectivity index (χ2v) is 8.34. The number of rotatable bonds is 5. The predicted molar refractivity (Wildman–Crippen MR) is 110 cm³/mol. The fourth-order valence-corrected chi connectivity index (χ4v) is 4.78. The maximum atomic E-state index is 13.7. The standard InChI is InChI=1S/C24H30N2O2/c27-23(24(11-15-28-16-12-24)18-20-7-2-1-3-8-20)26-14-6-9-21(19-26)17-22-10-4-5-13-25-22/h1-5,7-8,10,13,21H,6,9,11-12,14-19H2/t21-/m0/s1. The molecule has 1 aromatic heterocycles. The van der Waals surface area contributed by atoms with E-state index in [0.29, 0.717) is 25.0 Å². The van der Waals surface area contributed by atoms with Crippen LogP contribution in [0.4, 0.5) is 0 Å². The van der Waals surface area contributed by atoms with Crippen molar-refractivity contribution in [1.29, 1.82) is 0 Å². The van der Waals surface area contributed by atoms with E-state index in [2.05, 4.69) is 40.2 Å². The van der Waals surface area contributed by atoms with Gasteiger partial charge in [-0.25, -0.2) is 0 Å². The maximum absolute atomic E-state index is 13.7. The van der Waals surface area contributed by atoms with E-state index < -0.39 is 0 Å². The van der Waals surface area contributed by atoms with E-state index in [9.17, 15) is 4.79 Å². The third-order valence-electron chi connectivity index (χ3n) is 6.32. The Labute approximate surface area is 167 Å². The number of amides is 1. The molecule has 0 spiro atoms. The summed E-state index contributed by atoms with van der Waals surface area (Å²) in [4.78, 5) is 20.4. The van der Waals surface area contributed by atoms with Gasteiger partial charge in [0.15, 0.2) is 0 Å². The highest BCUT2D eigenvalue weighted by Crippen LogP contribution is 2.37. The Kier molecular flexibility index (Phi) is 6.06. The molecule has 1 aromatic carbocycles. The molecule has 0 bridgehead atoms. The van der Waals surface area contributed by atoms with Crippen LogP contribution in [0.25, 0.3) is 0 Å². The van der Waals surface area contributed by atoms with Crippen LogP contribution in [0.5, 0.6) is 0 Å². The van der Waals surface area contributed by atoms with Gasteiger partial charge in [0.1, 0.15) is 0 Å². The van der Waals surface area contributed by atoms with Gasteiger partial charge >= 0.3 is 0 Å². The number of ether oxygens (including phenoxy) is 1. The van der Waals surface area contributed by atoms with E-state index >= 15 is 0 Å². The molecule has 1 amide bonds. The summed E-state index contributed by atoms with van der Waals surface area (Å²) in [5.74, 6) is 0.839. The summed E-state index contributed by atoms with van der Waals surface area (Å²) >= 11 is 0. The SMILES string of the molecule is O=C(N1CCC[C@@H](Cc2ccccn2)C1)C1(Cc2ccccc2)CCOCC1. The number of pyridine rings is 1. The van der Waals surface area contributed by atoms with Gasteiger partial charge in [-0.15, -0.1) is 0 Å². The van der Waals surface area contributed by atoms with Crippen LogP contribution in [-0.4, -0.2) is 42.1 Å². The molecule has 28 heavy (non-hydrogen) atoms. The quantitative estimate of drug-likeness (QED) is 0.792. The molecule has 2 aliphatic heterocycles. The first kappa shape index (κ1) is 19.1. The number of aromatic nitrogens is 1. The van der Waals surface area contributed by atoms with E-state index in [0.717, 1.165) is 50.9 Å². The van der Waals surface area contributed by atoms with Gasteiger partial charge in [0.25, 0.3) is 0 Å². The summed E-state index contributed by atoms with van der Waals surface area (Å²) in [5, 5.41) is 0. The van der Waals surface area contributed by atoms with Crippen LogP contribution in [-0.2, 0) is 22.4 Å². The topological polar surface area (TPSA) is 42.4 Å². The molecule has 0 unspecified atom stereocenters. The normalized spacial score (nSPS) is 22.0. The zero-order chi connectivity index (χ0) is 19.2. The summed E-state index contributed by atoms with van der Waals surface area (Å²) in [6, 6.07) is 16.6. The van der Waals surface area contributed by atoms with Crippen LogP contribution in [0, 0.1) is 11.3 Å². The van der Waals surface area contributed by atoms with Gasteiger partial charge in [-0.3, -0.25) is 9.78 Å². The van der Waals surface area contributed by atoms with Crippen molar-refractivity contribution in [2.75, 3.05) is 26.3 Å². The van der Waals surface area contributed by atoms with E-state index in [-0.39, 0.29) is 5.41 Å². The average molecular weight is 379 g/mol. The maximum Gasteiger partial charge on any atom is 0.229 e. The molecule has 2 fully saturated rings. The van der Waals surface area contributed by atoms with Crippen molar-refractivity contribution in [2.45, 2.75) is 38.5 Å². The molecule has 148 valence electrons. The summed E-state index contributed by atoms with van der Waals surface area (Å²) in [5.41, 5.74) is 2.07. The minimum Gasteiger partial charge on any atom is -0.381 e. The Morgan fingerprint density at radius 2 is 1.89 bits per heavy atom. The molecule has 1 atom stereocenters. The van der Waals surface area contributed by atoms with Gasteiger partial charge in [0, 0.05) is 38.2 Å². The second kappa shape index (κ2) is 8.87. The minimum absolute atomic E-state index is 0.313. The number of carbonyl (C=O) groups is 1. The predicted octanol–water partition coefficient (Wildman–Crippen LogP) is 3.90. The molecular weight excluding hydrogens is 348 g/mol. The van der Waals surface area contributed by atoms with E-state index in [1.54, 1.807) is 0 Å². The van der Waals surface area contributed by atoms with E-state index in [1.165, 1.54) is 12.0 Å². The molecule has 4 rings (SSSR count).